The summed E-state index contributed by atoms with van der Waals surface area (Å²) in [6, 6.07) is 16.2. The minimum Gasteiger partial charge on any atom is -0.381 e. The summed E-state index contributed by atoms with van der Waals surface area (Å²) in [6.07, 6.45) is 0.983. The molecule has 0 aliphatic heterocycles. The van der Waals surface area contributed by atoms with Crippen molar-refractivity contribution in [3.05, 3.63) is 68.8 Å². The normalized spacial score (nSPS) is 14.2. The maximum atomic E-state index is 10.8. The van der Waals surface area contributed by atoms with E-state index in [-0.39, 0.29) is 0 Å². The van der Waals surface area contributed by atoms with Gasteiger partial charge in [0.15, 0.2) is 0 Å². The molecule has 0 saturated heterocycles. The van der Waals surface area contributed by atoms with Gasteiger partial charge in [-0.15, -0.1) is 0 Å². The Kier molecular flexibility index (Phi) is 4.07. The second-order valence-corrected chi connectivity index (χ2v) is 5.88. The molecule has 1 atom stereocenters. The highest BCUT2D eigenvalue weighted by molar-refractivity contribution is 14.1. The monoisotopic (exact) mass is 352 g/mol. The molecular formula is C16H17IO. The van der Waals surface area contributed by atoms with E-state index in [1.807, 2.05) is 43.3 Å². The van der Waals surface area contributed by atoms with E-state index in [1.165, 1.54) is 9.13 Å². The summed E-state index contributed by atoms with van der Waals surface area (Å²) in [4.78, 5) is 0. The minimum atomic E-state index is -0.935. The number of rotatable bonds is 3. The summed E-state index contributed by atoms with van der Waals surface area (Å²) in [6.45, 7) is 3.97. The fraction of sp³-hybridized carbons (Fsp3) is 0.250. The molecule has 0 aromatic heterocycles. The molecule has 2 rings (SSSR count). The Labute approximate surface area is 122 Å². The standard InChI is InChI=1S/C16H17IO/c1-3-12-5-4-6-14(11-12)16(2,18)13-7-9-15(17)10-8-13/h4-11,18H,3H2,1-2H3. The zero-order valence-corrected chi connectivity index (χ0v) is 12.8. The Bertz CT molecular complexity index is 529. The van der Waals surface area contributed by atoms with Crippen molar-refractivity contribution < 1.29 is 5.11 Å². The highest BCUT2D eigenvalue weighted by Crippen LogP contribution is 2.30. The quantitative estimate of drug-likeness (QED) is 0.825. The molecule has 0 radical (unpaired) electrons. The number of aliphatic hydroxyl groups is 1. The lowest BCUT2D eigenvalue weighted by molar-refractivity contribution is 0.102. The second kappa shape index (κ2) is 5.41. The SMILES string of the molecule is CCc1cccc(C(C)(O)c2ccc(I)cc2)c1. The van der Waals surface area contributed by atoms with Gasteiger partial charge in [0, 0.05) is 3.57 Å². The molecule has 0 aliphatic carbocycles. The van der Waals surface area contributed by atoms with Crippen molar-refractivity contribution in [3.63, 3.8) is 0 Å². The van der Waals surface area contributed by atoms with Gasteiger partial charge < -0.3 is 5.11 Å². The van der Waals surface area contributed by atoms with Crippen LogP contribution in [0.3, 0.4) is 0 Å². The van der Waals surface area contributed by atoms with Crippen molar-refractivity contribution in [2.45, 2.75) is 25.9 Å². The summed E-state index contributed by atoms with van der Waals surface area (Å²) in [7, 11) is 0. The highest BCUT2D eigenvalue weighted by Gasteiger charge is 2.25. The van der Waals surface area contributed by atoms with Gasteiger partial charge in [-0.05, 0) is 64.8 Å². The molecule has 94 valence electrons. The molecule has 1 N–H and O–H groups in total. The molecule has 0 amide bonds. The third kappa shape index (κ3) is 2.75. The van der Waals surface area contributed by atoms with Crippen LogP contribution in [0, 0.1) is 3.57 Å². The summed E-state index contributed by atoms with van der Waals surface area (Å²) >= 11 is 2.27. The van der Waals surface area contributed by atoms with E-state index in [2.05, 4.69) is 41.6 Å². The van der Waals surface area contributed by atoms with E-state index in [1.54, 1.807) is 0 Å². The smallest absolute Gasteiger partial charge is 0.112 e. The van der Waals surface area contributed by atoms with Crippen LogP contribution in [-0.4, -0.2) is 5.11 Å². The largest absolute Gasteiger partial charge is 0.381 e. The second-order valence-electron chi connectivity index (χ2n) is 4.63. The zero-order chi connectivity index (χ0) is 13.2. The third-order valence-corrected chi connectivity index (χ3v) is 4.02. The van der Waals surface area contributed by atoms with E-state index >= 15 is 0 Å². The number of hydrogen-bond donors (Lipinski definition) is 1. The Morgan fingerprint density at radius 1 is 1.06 bits per heavy atom. The summed E-state index contributed by atoms with van der Waals surface area (Å²) in [5.74, 6) is 0. The van der Waals surface area contributed by atoms with Gasteiger partial charge in [0.2, 0.25) is 0 Å². The van der Waals surface area contributed by atoms with Gasteiger partial charge in [-0.1, -0.05) is 43.3 Å². The first-order valence-corrected chi connectivity index (χ1v) is 7.19. The fourth-order valence-electron chi connectivity index (χ4n) is 2.04. The predicted molar refractivity (Wildman–Crippen MR) is 83.7 cm³/mol. The molecule has 1 nitrogen and oxygen atoms in total. The van der Waals surface area contributed by atoms with Crippen LogP contribution in [0.15, 0.2) is 48.5 Å². The van der Waals surface area contributed by atoms with Gasteiger partial charge in [-0.2, -0.15) is 0 Å². The van der Waals surface area contributed by atoms with Crippen molar-refractivity contribution in [3.8, 4) is 0 Å². The lowest BCUT2D eigenvalue weighted by atomic mass is 9.87. The van der Waals surface area contributed by atoms with Crippen molar-refractivity contribution in [1.82, 2.24) is 0 Å². The van der Waals surface area contributed by atoms with Crippen LogP contribution < -0.4 is 0 Å². The van der Waals surface area contributed by atoms with Gasteiger partial charge in [0.25, 0.3) is 0 Å². The fourth-order valence-corrected chi connectivity index (χ4v) is 2.39. The Morgan fingerprint density at radius 3 is 2.33 bits per heavy atom. The van der Waals surface area contributed by atoms with E-state index in [0.717, 1.165) is 17.5 Å². The molecule has 0 spiro atoms. The summed E-state index contributed by atoms with van der Waals surface area (Å²) in [5.41, 5.74) is 2.19. The van der Waals surface area contributed by atoms with Gasteiger partial charge in [0.1, 0.15) is 5.60 Å². The molecule has 2 aromatic rings. The Balaban J connectivity index is 2.43. The van der Waals surface area contributed by atoms with Gasteiger partial charge in [-0.3, -0.25) is 0 Å². The van der Waals surface area contributed by atoms with Crippen LogP contribution in [-0.2, 0) is 12.0 Å². The summed E-state index contributed by atoms with van der Waals surface area (Å²) in [5, 5.41) is 10.8. The van der Waals surface area contributed by atoms with Crippen LogP contribution in [0.25, 0.3) is 0 Å². The molecule has 18 heavy (non-hydrogen) atoms. The van der Waals surface area contributed by atoms with E-state index in [0.29, 0.717) is 0 Å². The lowest BCUT2D eigenvalue weighted by Gasteiger charge is -2.25. The Morgan fingerprint density at radius 2 is 1.72 bits per heavy atom. The molecule has 2 heteroatoms. The average Bonchev–Trinajstić information content (AvgIpc) is 2.39. The molecule has 0 aliphatic rings. The molecule has 2 aromatic carbocycles. The van der Waals surface area contributed by atoms with Crippen molar-refractivity contribution in [2.75, 3.05) is 0 Å². The van der Waals surface area contributed by atoms with Gasteiger partial charge in [-0.25, -0.2) is 0 Å². The molecule has 0 fully saturated rings. The van der Waals surface area contributed by atoms with E-state index < -0.39 is 5.60 Å². The van der Waals surface area contributed by atoms with Crippen molar-refractivity contribution in [1.29, 1.82) is 0 Å². The first-order valence-electron chi connectivity index (χ1n) is 6.12. The number of halogens is 1. The maximum absolute atomic E-state index is 10.8. The Hall–Kier alpha value is -0.870. The highest BCUT2D eigenvalue weighted by atomic mass is 127. The van der Waals surface area contributed by atoms with Crippen LogP contribution in [0.5, 0.6) is 0 Å². The first kappa shape index (κ1) is 13.6. The minimum absolute atomic E-state index is 0.927. The number of aryl methyl sites for hydroxylation is 1. The maximum Gasteiger partial charge on any atom is 0.112 e. The average molecular weight is 352 g/mol. The van der Waals surface area contributed by atoms with Crippen molar-refractivity contribution >= 4 is 22.6 Å². The van der Waals surface area contributed by atoms with Crippen LogP contribution in [0.2, 0.25) is 0 Å². The topological polar surface area (TPSA) is 20.2 Å². The summed E-state index contributed by atoms with van der Waals surface area (Å²) < 4.78 is 1.18. The van der Waals surface area contributed by atoms with Crippen molar-refractivity contribution in [2.24, 2.45) is 0 Å². The third-order valence-electron chi connectivity index (χ3n) is 3.30. The lowest BCUT2D eigenvalue weighted by Crippen LogP contribution is -2.22. The van der Waals surface area contributed by atoms with Crippen LogP contribution in [0.4, 0.5) is 0 Å². The zero-order valence-electron chi connectivity index (χ0n) is 10.7. The van der Waals surface area contributed by atoms with Gasteiger partial charge >= 0.3 is 0 Å². The molecule has 0 heterocycles. The molecule has 1 unspecified atom stereocenters. The molecule has 0 bridgehead atoms. The van der Waals surface area contributed by atoms with Crippen LogP contribution >= 0.6 is 22.6 Å². The number of hydrogen-bond acceptors (Lipinski definition) is 1. The van der Waals surface area contributed by atoms with Crippen LogP contribution in [0.1, 0.15) is 30.5 Å². The van der Waals surface area contributed by atoms with E-state index in [9.17, 15) is 5.11 Å². The molecule has 0 saturated carbocycles. The predicted octanol–water partition coefficient (Wildman–Crippen LogP) is 4.11. The first-order chi connectivity index (χ1) is 8.54. The van der Waals surface area contributed by atoms with Gasteiger partial charge in [0.05, 0.1) is 0 Å². The van der Waals surface area contributed by atoms with E-state index in [4.69, 9.17) is 0 Å². The number of benzene rings is 2. The molecular weight excluding hydrogens is 335 g/mol.